The molecule has 1 aliphatic rings. The van der Waals surface area contributed by atoms with E-state index in [1.807, 2.05) is 0 Å². The van der Waals surface area contributed by atoms with Gasteiger partial charge in [-0.15, -0.1) is 0 Å². The molecule has 1 N–H and O–H groups in total. The standard InChI is InChI=1S/C10H17NO/c1-9(2)8(12)4-5-10(9,3)6-7-11/h8,12H,4-6H2,1-3H3/t8-,10+/m0/s1. The maximum absolute atomic E-state index is 9.71. The molecular formula is C10H17NO. The van der Waals surface area contributed by atoms with Gasteiger partial charge in [0.05, 0.1) is 12.2 Å². The van der Waals surface area contributed by atoms with E-state index >= 15 is 0 Å². The van der Waals surface area contributed by atoms with Crippen molar-refractivity contribution in [3.8, 4) is 6.07 Å². The molecule has 1 fully saturated rings. The summed E-state index contributed by atoms with van der Waals surface area (Å²) in [7, 11) is 0. The predicted octanol–water partition coefficient (Wildman–Crippen LogP) is 2.09. The molecule has 0 aromatic heterocycles. The van der Waals surface area contributed by atoms with Crippen LogP contribution in [-0.2, 0) is 0 Å². The number of rotatable bonds is 1. The summed E-state index contributed by atoms with van der Waals surface area (Å²) in [4.78, 5) is 0. The summed E-state index contributed by atoms with van der Waals surface area (Å²) in [6, 6.07) is 2.22. The van der Waals surface area contributed by atoms with Crippen LogP contribution in [0.2, 0.25) is 0 Å². The SMILES string of the molecule is CC1(C)[C@@H](O)CC[C@]1(C)CC#N. The lowest BCUT2D eigenvalue weighted by molar-refractivity contribution is 0.0143. The van der Waals surface area contributed by atoms with Gasteiger partial charge in [-0.1, -0.05) is 20.8 Å². The first-order valence-electron chi connectivity index (χ1n) is 4.49. The Bertz CT molecular complexity index is 216. The summed E-state index contributed by atoms with van der Waals surface area (Å²) in [5.74, 6) is 0. The molecule has 0 unspecified atom stereocenters. The highest BCUT2D eigenvalue weighted by Gasteiger charge is 2.50. The van der Waals surface area contributed by atoms with E-state index in [0.29, 0.717) is 6.42 Å². The molecule has 1 aliphatic carbocycles. The summed E-state index contributed by atoms with van der Waals surface area (Å²) in [6.07, 6.45) is 2.12. The lowest BCUT2D eigenvalue weighted by atomic mass is 9.67. The summed E-state index contributed by atoms with van der Waals surface area (Å²) < 4.78 is 0. The third-order valence-electron chi connectivity index (χ3n) is 3.83. The molecule has 12 heavy (non-hydrogen) atoms. The van der Waals surface area contributed by atoms with E-state index in [4.69, 9.17) is 5.26 Å². The maximum Gasteiger partial charge on any atom is 0.0627 e. The quantitative estimate of drug-likeness (QED) is 0.649. The van der Waals surface area contributed by atoms with Crippen LogP contribution >= 0.6 is 0 Å². The van der Waals surface area contributed by atoms with Crippen molar-refractivity contribution in [2.75, 3.05) is 0 Å². The van der Waals surface area contributed by atoms with Crippen LogP contribution in [0.5, 0.6) is 0 Å². The highest BCUT2D eigenvalue weighted by molar-refractivity contribution is 5.03. The molecule has 1 rings (SSSR count). The molecule has 0 spiro atoms. The molecule has 0 heterocycles. The van der Waals surface area contributed by atoms with Gasteiger partial charge in [-0.05, 0) is 23.7 Å². The number of hydrogen-bond acceptors (Lipinski definition) is 2. The lowest BCUT2D eigenvalue weighted by Gasteiger charge is -2.38. The summed E-state index contributed by atoms with van der Waals surface area (Å²) in [6.45, 7) is 6.22. The van der Waals surface area contributed by atoms with Crippen LogP contribution in [0.3, 0.4) is 0 Å². The second-order valence-corrected chi connectivity index (χ2v) is 4.67. The number of aliphatic hydroxyl groups excluding tert-OH is 1. The van der Waals surface area contributed by atoms with Crippen molar-refractivity contribution in [1.29, 1.82) is 5.26 Å². The lowest BCUT2D eigenvalue weighted by Crippen LogP contribution is -2.36. The van der Waals surface area contributed by atoms with Crippen molar-refractivity contribution in [3.63, 3.8) is 0 Å². The fourth-order valence-corrected chi connectivity index (χ4v) is 2.03. The van der Waals surface area contributed by atoms with E-state index in [1.54, 1.807) is 0 Å². The smallest absolute Gasteiger partial charge is 0.0627 e. The van der Waals surface area contributed by atoms with Crippen LogP contribution < -0.4 is 0 Å². The Morgan fingerprint density at radius 2 is 2.08 bits per heavy atom. The van der Waals surface area contributed by atoms with Gasteiger partial charge >= 0.3 is 0 Å². The predicted molar refractivity (Wildman–Crippen MR) is 47.4 cm³/mol. The normalized spacial score (nSPS) is 39.4. The highest BCUT2D eigenvalue weighted by Crippen LogP contribution is 2.54. The zero-order valence-corrected chi connectivity index (χ0v) is 8.09. The van der Waals surface area contributed by atoms with Crippen LogP contribution in [0.15, 0.2) is 0 Å². The van der Waals surface area contributed by atoms with E-state index in [-0.39, 0.29) is 16.9 Å². The molecule has 2 nitrogen and oxygen atoms in total. The number of nitriles is 1. The second kappa shape index (κ2) is 2.74. The van der Waals surface area contributed by atoms with Crippen molar-refractivity contribution in [1.82, 2.24) is 0 Å². The summed E-state index contributed by atoms with van der Waals surface area (Å²) >= 11 is 0. The summed E-state index contributed by atoms with van der Waals surface area (Å²) in [5.41, 5.74) is -0.107. The molecule has 0 radical (unpaired) electrons. The summed E-state index contributed by atoms with van der Waals surface area (Å²) in [5, 5.41) is 18.4. The molecule has 0 saturated heterocycles. The van der Waals surface area contributed by atoms with Crippen molar-refractivity contribution in [2.24, 2.45) is 10.8 Å². The van der Waals surface area contributed by atoms with E-state index in [2.05, 4.69) is 26.8 Å². The Morgan fingerprint density at radius 3 is 2.42 bits per heavy atom. The van der Waals surface area contributed by atoms with Gasteiger partial charge < -0.3 is 5.11 Å². The first kappa shape index (κ1) is 9.54. The van der Waals surface area contributed by atoms with Crippen molar-refractivity contribution in [3.05, 3.63) is 0 Å². The van der Waals surface area contributed by atoms with E-state index in [9.17, 15) is 5.11 Å². The van der Waals surface area contributed by atoms with Crippen molar-refractivity contribution >= 4 is 0 Å². The van der Waals surface area contributed by atoms with Crippen molar-refractivity contribution < 1.29 is 5.11 Å². The monoisotopic (exact) mass is 167 g/mol. The number of aliphatic hydroxyl groups is 1. The Labute approximate surface area is 74.2 Å². The number of nitrogens with zero attached hydrogens (tertiary/aromatic N) is 1. The minimum Gasteiger partial charge on any atom is -0.393 e. The Kier molecular flexibility index (Phi) is 2.18. The Balaban J connectivity index is 2.87. The van der Waals surface area contributed by atoms with Crippen LogP contribution in [0.25, 0.3) is 0 Å². The fourth-order valence-electron chi connectivity index (χ4n) is 2.03. The van der Waals surface area contributed by atoms with Gasteiger partial charge in [0, 0.05) is 6.42 Å². The average molecular weight is 167 g/mol. The van der Waals surface area contributed by atoms with Gasteiger partial charge in [0.1, 0.15) is 0 Å². The molecule has 68 valence electrons. The third-order valence-corrected chi connectivity index (χ3v) is 3.83. The van der Waals surface area contributed by atoms with Gasteiger partial charge in [-0.25, -0.2) is 0 Å². The molecule has 0 aromatic carbocycles. The third kappa shape index (κ3) is 1.13. The highest BCUT2D eigenvalue weighted by atomic mass is 16.3. The average Bonchev–Trinajstić information content (AvgIpc) is 2.16. The molecule has 2 atom stereocenters. The molecule has 2 heteroatoms. The van der Waals surface area contributed by atoms with Gasteiger partial charge in [0.15, 0.2) is 0 Å². The van der Waals surface area contributed by atoms with Crippen LogP contribution in [0, 0.1) is 22.2 Å². The molecule has 1 saturated carbocycles. The zero-order valence-electron chi connectivity index (χ0n) is 8.09. The second-order valence-electron chi connectivity index (χ2n) is 4.67. The Hall–Kier alpha value is -0.550. The topological polar surface area (TPSA) is 44.0 Å². The van der Waals surface area contributed by atoms with E-state index < -0.39 is 0 Å². The van der Waals surface area contributed by atoms with Gasteiger partial charge in [-0.3, -0.25) is 0 Å². The zero-order chi connectivity index (χ0) is 9.41. The van der Waals surface area contributed by atoms with Crippen LogP contribution in [0.1, 0.15) is 40.0 Å². The molecule has 0 aromatic rings. The molecule has 0 amide bonds. The maximum atomic E-state index is 9.71. The molecule has 0 aliphatic heterocycles. The first-order valence-corrected chi connectivity index (χ1v) is 4.49. The van der Waals surface area contributed by atoms with Crippen LogP contribution in [-0.4, -0.2) is 11.2 Å². The largest absolute Gasteiger partial charge is 0.393 e. The molecule has 0 bridgehead atoms. The minimum absolute atomic E-state index is 0.00116. The van der Waals surface area contributed by atoms with Crippen LogP contribution in [0.4, 0.5) is 0 Å². The fraction of sp³-hybridized carbons (Fsp3) is 0.900. The van der Waals surface area contributed by atoms with E-state index in [1.165, 1.54) is 0 Å². The molecular weight excluding hydrogens is 150 g/mol. The first-order chi connectivity index (χ1) is 5.44. The Morgan fingerprint density at radius 1 is 1.50 bits per heavy atom. The van der Waals surface area contributed by atoms with Gasteiger partial charge in [0.2, 0.25) is 0 Å². The number of hydrogen-bond donors (Lipinski definition) is 1. The van der Waals surface area contributed by atoms with Gasteiger partial charge in [0.25, 0.3) is 0 Å². The van der Waals surface area contributed by atoms with Gasteiger partial charge in [-0.2, -0.15) is 5.26 Å². The minimum atomic E-state index is -0.240. The van der Waals surface area contributed by atoms with Crippen molar-refractivity contribution in [2.45, 2.75) is 46.1 Å². The van der Waals surface area contributed by atoms with E-state index in [0.717, 1.165) is 12.8 Å².